The summed E-state index contributed by atoms with van der Waals surface area (Å²) in [5.74, 6) is 0.603. The van der Waals surface area contributed by atoms with Crippen LogP contribution in [0.2, 0.25) is 0 Å². The van der Waals surface area contributed by atoms with Crippen molar-refractivity contribution < 1.29 is 4.74 Å². The summed E-state index contributed by atoms with van der Waals surface area (Å²) in [5.41, 5.74) is 2.38. The van der Waals surface area contributed by atoms with Crippen molar-refractivity contribution in [2.75, 3.05) is 18.1 Å². The molecule has 0 amide bonds. The first-order valence-corrected chi connectivity index (χ1v) is 11.6. The third-order valence-corrected chi connectivity index (χ3v) is 6.01. The minimum absolute atomic E-state index is 0.603. The van der Waals surface area contributed by atoms with E-state index in [1.54, 1.807) is 0 Å². The Kier molecular flexibility index (Phi) is 8.70. The molecule has 3 rings (SSSR count). The first kappa shape index (κ1) is 22.3. The standard InChI is InChI=1S/C27H33NOS/c1-3-5-12-22(4-2)21-29-27(30)19-20-28(24-15-7-6-8-16-24)26-18-11-14-23-13-9-10-17-25(23)26/h6-11,13-18,22H,3-5,12,19-21H2,1-2H3. The van der Waals surface area contributed by atoms with E-state index in [-0.39, 0.29) is 0 Å². The number of nitrogens with zero attached hydrogens (tertiary/aromatic N) is 1. The van der Waals surface area contributed by atoms with Crippen LogP contribution in [0, 0.1) is 5.92 Å². The van der Waals surface area contributed by atoms with Crippen LogP contribution in [0.1, 0.15) is 46.0 Å². The first-order valence-electron chi connectivity index (χ1n) is 11.2. The lowest BCUT2D eigenvalue weighted by atomic mass is 10.0. The molecule has 158 valence electrons. The predicted octanol–water partition coefficient (Wildman–Crippen LogP) is 7.93. The van der Waals surface area contributed by atoms with Crippen LogP contribution in [0.3, 0.4) is 0 Å². The molecule has 0 heterocycles. The Bertz CT molecular complexity index is 919. The van der Waals surface area contributed by atoms with Crippen LogP contribution in [0.25, 0.3) is 10.8 Å². The van der Waals surface area contributed by atoms with Gasteiger partial charge >= 0.3 is 0 Å². The molecule has 1 atom stereocenters. The van der Waals surface area contributed by atoms with E-state index in [9.17, 15) is 0 Å². The molecule has 0 aromatic heterocycles. The maximum Gasteiger partial charge on any atom is 0.161 e. The quantitative estimate of drug-likeness (QED) is 0.293. The highest BCUT2D eigenvalue weighted by molar-refractivity contribution is 7.80. The van der Waals surface area contributed by atoms with E-state index in [1.807, 2.05) is 0 Å². The Hall–Kier alpha value is -2.39. The number of hydrogen-bond donors (Lipinski definition) is 0. The molecule has 0 fully saturated rings. The van der Waals surface area contributed by atoms with Gasteiger partial charge in [-0.05, 0) is 48.1 Å². The molecule has 0 saturated carbocycles. The van der Waals surface area contributed by atoms with E-state index in [4.69, 9.17) is 17.0 Å². The highest BCUT2D eigenvalue weighted by Gasteiger charge is 2.14. The summed E-state index contributed by atoms with van der Waals surface area (Å²) in [6.07, 6.45) is 5.60. The van der Waals surface area contributed by atoms with Crippen LogP contribution >= 0.6 is 12.2 Å². The van der Waals surface area contributed by atoms with Crippen LogP contribution in [0.5, 0.6) is 0 Å². The molecule has 0 N–H and O–H groups in total. The Morgan fingerprint density at radius 1 is 0.933 bits per heavy atom. The second-order valence-corrected chi connectivity index (χ2v) is 8.29. The van der Waals surface area contributed by atoms with Gasteiger partial charge < -0.3 is 9.64 Å². The number of rotatable bonds is 11. The molecule has 3 aromatic rings. The second kappa shape index (κ2) is 11.7. The third-order valence-electron chi connectivity index (χ3n) is 5.69. The smallest absolute Gasteiger partial charge is 0.161 e. The van der Waals surface area contributed by atoms with Crippen LogP contribution in [0.15, 0.2) is 72.8 Å². The van der Waals surface area contributed by atoms with E-state index >= 15 is 0 Å². The summed E-state index contributed by atoms with van der Waals surface area (Å²) in [6.45, 7) is 6.02. The fourth-order valence-corrected chi connectivity index (χ4v) is 3.98. The normalized spacial score (nSPS) is 11.9. The van der Waals surface area contributed by atoms with Gasteiger partial charge in [-0.1, -0.05) is 87.7 Å². The van der Waals surface area contributed by atoms with Crippen molar-refractivity contribution in [3.63, 3.8) is 0 Å². The van der Waals surface area contributed by atoms with Gasteiger partial charge in [0.05, 0.1) is 6.61 Å². The van der Waals surface area contributed by atoms with Gasteiger partial charge in [0.2, 0.25) is 0 Å². The molecule has 0 radical (unpaired) electrons. The van der Waals surface area contributed by atoms with E-state index < -0.39 is 0 Å². The summed E-state index contributed by atoms with van der Waals surface area (Å²) >= 11 is 5.60. The summed E-state index contributed by atoms with van der Waals surface area (Å²) in [4.78, 5) is 2.35. The van der Waals surface area contributed by atoms with Gasteiger partial charge in [0, 0.05) is 29.7 Å². The van der Waals surface area contributed by atoms with Gasteiger partial charge in [-0.2, -0.15) is 0 Å². The van der Waals surface area contributed by atoms with E-state index in [1.165, 1.54) is 41.4 Å². The maximum absolute atomic E-state index is 6.01. The molecule has 3 aromatic carbocycles. The molecule has 3 heteroatoms. The lowest BCUT2D eigenvalue weighted by molar-refractivity contribution is 0.223. The summed E-state index contributed by atoms with van der Waals surface area (Å²) in [5, 5.41) is 3.21. The molecular formula is C27H33NOS. The monoisotopic (exact) mass is 419 g/mol. The number of anilines is 2. The van der Waals surface area contributed by atoms with Crippen molar-refractivity contribution in [2.24, 2.45) is 5.92 Å². The zero-order valence-electron chi connectivity index (χ0n) is 18.2. The molecule has 30 heavy (non-hydrogen) atoms. The van der Waals surface area contributed by atoms with E-state index in [2.05, 4.69) is 91.5 Å². The van der Waals surface area contributed by atoms with Crippen LogP contribution < -0.4 is 4.90 Å². The molecule has 0 bridgehead atoms. The van der Waals surface area contributed by atoms with Crippen molar-refractivity contribution in [1.82, 2.24) is 0 Å². The molecule has 0 aliphatic rings. The molecule has 0 aliphatic heterocycles. The van der Waals surface area contributed by atoms with Gasteiger partial charge in [0.25, 0.3) is 0 Å². The largest absolute Gasteiger partial charge is 0.487 e. The Morgan fingerprint density at radius 3 is 2.43 bits per heavy atom. The number of thiocarbonyl (C=S) groups is 1. The summed E-state index contributed by atoms with van der Waals surface area (Å²) in [6, 6.07) is 25.6. The van der Waals surface area contributed by atoms with Gasteiger partial charge in [0.1, 0.15) is 0 Å². The minimum atomic E-state index is 0.603. The highest BCUT2D eigenvalue weighted by Crippen LogP contribution is 2.32. The first-order chi connectivity index (χ1) is 14.7. The van der Waals surface area contributed by atoms with Crippen molar-refractivity contribution >= 4 is 39.4 Å². The lowest BCUT2D eigenvalue weighted by Crippen LogP contribution is -2.22. The topological polar surface area (TPSA) is 12.5 Å². The van der Waals surface area contributed by atoms with Crippen LogP contribution in [-0.2, 0) is 4.74 Å². The van der Waals surface area contributed by atoms with Crippen molar-refractivity contribution in [2.45, 2.75) is 46.0 Å². The van der Waals surface area contributed by atoms with Gasteiger partial charge in [-0.15, -0.1) is 0 Å². The number of para-hydroxylation sites is 1. The highest BCUT2D eigenvalue weighted by atomic mass is 32.1. The zero-order chi connectivity index (χ0) is 21.2. The van der Waals surface area contributed by atoms with Crippen molar-refractivity contribution in [3.05, 3.63) is 72.8 Å². The molecular weight excluding hydrogens is 386 g/mol. The molecule has 0 spiro atoms. The van der Waals surface area contributed by atoms with Crippen LogP contribution in [-0.4, -0.2) is 18.2 Å². The van der Waals surface area contributed by atoms with Gasteiger partial charge in [0.15, 0.2) is 5.05 Å². The van der Waals surface area contributed by atoms with Gasteiger partial charge in [-0.25, -0.2) is 0 Å². The minimum Gasteiger partial charge on any atom is -0.487 e. The number of hydrogen-bond acceptors (Lipinski definition) is 3. The summed E-state index contributed by atoms with van der Waals surface area (Å²) in [7, 11) is 0. The van der Waals surface area contributed by atoms with Crippen molar-refractivity contribution in [1.29, 1.82) is 0 Å². The Morgan fingerprint density at radius 2 is 1.67 bits per heavy atom. The number of ether oxygens (including phenoxy) is 1. The van der Waals surface area contributed by atoms with Crippen molar-refractivity contribution in [3.8, 4) is 0 Å². The number of fused-ring (bicyclic) bond motifs is 1. The zero-order valence-corrected chi connectivity index (χ0v) is 19.0. The van der Waals surface area contributed by atoms with Crippen LogP contribution in [0.4, 0.5) is 11.4 Å². The number of unbranched alkanes of at least 4 members (excludes halogenated alkanes) is 1. The van der Waals surface area contributed by atoms with Gasteiger partial charge in [-0.3, -0.25) is 0 Å². The third kappa shape index (κ3) is 6.06. The molecule has 0 aliphatic carbocycles. The fourth-order valence-electron chi connectivity index (χ4n) is 3.82. The Labute approximate surface area is 186 Å². The Balaban J connectivity index is 1.72. The maximum atomic E-state index is 6.01. The molecule has 0 saturated heterocycles. The summed E-state index contributed by atoms with van der Waals surface area (Å²) < 4.78 is 6.01. The average Bonchev–Trinajstić information content (AvgIpc) is 2.80. The fraction of sp³-hybridized carbons (Fsp3) is 0.370. The SMILES string of the molecule is CCCCC(CC)COC(=S)CCN(c1ccccc1)c1cccc2ccccc12. The average molecular weight is 420 g/mol. The second-order valence-electron chi connectivity index (χ2n) is 7.83. The lowest BCUT2D eigenvalue weighted by Gasteiger charge is -2.27. The molecule has 2 nitrogen and oxygen atoms in total. The predicted molar refractivity (Wildman–Crippen MR) is 134 cm³/mol. The number of benzene rings is 3. The van der Waals surface area contributed by atoms with E-state index in [0.717, 1.165) is 26.0 Å². The van der Waals surface area contributed by atoms with E-state index in [0.29, 0.717) is 11.0 Å². The molecule has 1 unspecified atom stereocenters.